The molecule has 3 heterocycles. The summed E-state index contributed by atoms with van der Waals surface area (Å²) in [5.41, 5.74) is 0.299. The van der Waals surface area contributed by atoms with Crippen LogP contribution in [0.15, 0.2) is 4.99 Å². The van der Waals surface area contributed by atoms with E-state index in [0.717, 1.165) is 18.5 Å². The van der Waals surface area contributed by atoms with Gasteiger partial charge in [-0.25, -0.2) is 0 Å². The van der Waals surface area contributed by atoms with Gasteiger partial charge in [0.1, 0.15) is 0 Å². The van der Waals surface area contributed by atoms with E-state index in [9.17, 15) is 0 Å². The maximum absolute atomic E-state index is 4.58. The average Bonchev–Trinajstić information content (AvgIpc) is 3.50. The number of hydrogen-bond acceptors (Lipinski definition) is 4. The predicted octanol–water partition coefficient (Wildman–Crippen LogP) is 2.34. The molecule has 0 aromatic heterocycles. The van der Waals surface area contributed by atoms with Gasteiger partial charge < -0.3 is 15.5 Å². The molecule has 4 fully saturated rings. The second-order valence-corrected chi connectivity index (χ2v) is 9.86. The number of nitrogens with zero attached hydrogens (tertiary/aromatic N) is 4. The van der Waals surface area contributed by atoms with Crippen LogP contribution < -0.4 is 10.6 Å². The maximum atomic E-state index is 4.58. The van der Waals surface area contributed by atoms with Gasteiger partial charge in [-0.2, -0.15) is 0 Å². The van der Waals surface area contributed by atoms with Crippen molar-refractivity contribution >= 4 is 29.9 Å². The largest absolute Gasteiger partial charge is 0.355 e. The Balaban J connectivity index is 0.00000240. The van der Waals surface area contributed by atoms with Crippen LogP contribution >= 0.6 is 24.0 Å². The highest BCUT2D eigenvalue weighted by Crippen LogP contribution is 2.33. The van der Waals surface area contributed by atoms with Crippen LogP contribution in [0.1, 0.15) is 58.3 Å². The summed E-state index contributed by atoms with van der Waals surface area (Å²) in [4.78, 5) is 12.6. The quantitative estimate of drug-likeness (QED) is 0.333. The molecule has 0 aromatic carbocycles. The fraction of sp³-hybridized carbons (Fsp3) is 0.955. The molecule has 1 aliphatic carbocycles. The Kier molecular flexibility index (Phi) is 8.49. The summed E-state index contributed by atoms with van der Waals surface area (Å²) in [7, 11) is 4.19. The molecule has 7 heteroatoms. The summed E-state index contributed by atoms with van der Waals surface area (Å²) in [6, 6.07) is 2.10. The lowest BCUT2D eigenvalue weighted by molar-refractivity contribution is 0.0173. The number of hydrogen-bond donors (Lipinski definition) is 2. The van der Waals surface area contributed by atoms with E-state index in [0.29, 0.717) is 17.6 Å². The molecule has 1 saturated carbocycles. The molecule has 6 nitrogen and oxygen atoms in total. The van der Waals surface area contributed by atoms with Gasteiger partial charge in [-0.3, -0.25) is 14.8 Å². The van der Waals surface area contributed by atoms with E-state index in [-0.39, 0.29) is 24.0 Å². The number of halogens is 1. The molecule has 0 spiro atoms. The molecule has 4 aliphatic rings. The monoisotopic (exact) mass is 518 g/mol. The number of rotatable bonds is 5. The third-order valence-corrected chi connectivity index (χ3v) is 7.73. The number of aliphatic imine (C=N–C) groups is 1. The Hall–Kier alpha value is -0.120. The molecule has 3 saturated heterocycles. The molecule has 0 radical (unpaired) electrons. The average molecular weight is 519 g/mol. The maximum Gasteiger partial charge on any atom is 0.191 e. The topological polar surface area (TPSA) is 46.1 Å². The summed E-state index contributed by atoms with van der Waals surface area (Å²) in [6.45, 7) is 9.55. The van der Waals surface area contributed by atoms with Crippen LogP contribution in [0.5, 0.6) is 0 Å². The smallest absolute Gasteiger partial charge is 0.191 e. The molecular weight excluding hydrogens is 475 g/mol. The molecular formula is C22H43IN6. The molecule has 2 unspecified atom stereocenters. The number of piperidine rings is 2. The van der Waals surface area contributed by atoms with Crippen molar-refractivity contribution in [3.8, 4) is 0 Å². The zero-order valence-corrected chi connectivity index (χ0v) is 21.2. The lowest BCUT2D eigenvalue weighted by atomic mass is 9.84. The van der Waals surface area contributed by atoms with Crippen molar-refractivity contribution in [1.29, 1.82) is 0 Å². The van der Waals surface area contributed by atoms with Crippen LogP contribution in [0.4, 0.5) is 0 Å². The van der Waals surface area contributed by atoms with Crippen molar-refractivity contribution in [2.75, 3.05) is 53.4 Å². The van der Waals surface area contributed by atoms with Gasteiger partial charge in [0.2, 0.25) is 0 Å². The molecule has 3 aliphatic heterocycles. The van der Waals surface area contributed by atoms with Gasteiger partial charge in [0.15, 0.2) is 5.96 Å². The molecule has 0 aromatic rings. The molecule has 2 N–H and O–H groups in total. The van der Waals surface area contributed by atoms with Gasteiger partial charge in [0.05, 0.1) is 0 Å². The normalized spacial score (nSPS) is 32.0. The second-order valence-electron chi connectivity index (χ2n) is 9.86. The van der Waals surface area contributed by atoms with Gasteiger partial charge in [-0.15, -0.1) is 24.0 Å². The minimum Gasteiger partial charge on any atom is -0.355 e. The van der Waals surface area contributed by atoms with Crippen molar-refractivity contribution in [3.05, 3.63) is 0 Å². The first-order valence-electron chi connectivity index (χ1n) is 11.8. The second kappa shape index (κ2) is 10.5. The predicted molar refractivity (Wildman–Crippen MR) is 132 cm³/mol. The zero-order valence-electron chi connectivity index (χ0n) is 18.8. The molecule has 29 heavy (non-hydrogen) atoms. The molecule has 0 bridgehead atoms. The Labute approximate surface area is 195 Å². The van der Waals surface area contributed by atoms with Crippen LogP contribution in [0, 0.1) is 0 Å². The van der Waals surface area contributed by atoms with Crippen LogP contribution in [0.2, 0.25) is 0 Å². The van der Waals surface area contributed by atoms with E-state index in [1.807, 2.05) is 7.05 Å². The first-order valence-corrected chi connectivity index (χ1v) is 11.8. The fourth-order valence-electron chi connectivity index (χ4n) is 5.72. The number of nitrogens with one attached hydrogen (secondary N) is 2. The van der Waals surface area contributed by atoms with E-state index in [4.69, 9.17) is 0 Å². The summed E-state index contributed by atoms with van der Waals surface area (Å²) in [5, 5.41) is 7.50. The minimum absolute atomic E-state index is 0. The van der Waals surface area contributed by atoms with Gasteiger partial charge in [-0.1, -0.05) is 6.42 Å². The zero-order chi connectivity index (χ0) is 19.6. The highest BCUT2D eigenvalue weighted by Gasteiger charge is 2.41. The van der Waals surface area contributed by atoms with E-state index < -0.39 is 0 Å². The third kappa shape index (κ3) is 5.77. The van der Waals surface area contributed by atoms with Crippen molar-refractivity contribution in [1.82, 2.24) is 25.3 Å². The molecule has 2 atom stereocenters. The van der Waals surface area contributed by atoms with Gasteiger partial charge in [-0.05, 0) is 85.1 Å². The van der Waals surface area contributed by atoms with Crippen LogP contribution in [0.3, 0.4) is 0 Å². The van der Waals surface area contributed by atoms with Gasteiger partial charge in [0, 0.05) is 43.8 Å². The van der Waals surface area contributed by atoms with Crippen LogP contribution in [-0.4, -0.2) is 97.7 Å². The van der Waals surface area contributed by atoms with E-state index in [2.05, 4.69) is 44.3 Å². The van der Waals surface area contributed by atoms with E-state index >= 15 is 0 Å². The van der Waals surface area contributed by atoms with Crippen molar-refractivity contribution in [2.24, 2.45) is 4.99 Å². The summed E-state index contributed by atoms with van der Waals surface area (Å²) >= 11 is 0. The highest BCUT2D eigenvalue weighted by atomic mass is 127. The Morgan fingerprint density at radius 3 is 2.38 bits per heavy atom. The number of guanidine groups is 1. The standard InChI is InChI=1S/C22H42N6.HI/c1-18-15-19(16-28(18)20-7-8-20)25-21(23-2)24-17-22(9-13-26(3)14-10-22)27-11-5-4-6-12-27;/h18-20H,4-17H2,1-3H3,(H2,23,24,25);1H. The van der Waals surface area contributed by atoms with Crippen molar-refractivity contribution in [2.45, 2.75) is 82.0 Å². The lowest BCUT2D eigenvalue weighted by Gasteiger charge is -2.50. The van der Waals surface area contributed by atoms with Crippen LogP contribution in [0.25, 0.3) is 0 Å². The highest BCUT2D eigenvalue weighted by molar-refractivity contribution is 14.0. The molecule has 4 rings (SSSR count). The minimum atomic E-state index is 0. The summed E-state index contributed by atoms with van der Waals surface area (Å²) in [6.07, 6.45) is 10.7. The fourth-order valence-corrected chi connectivity index (χ4v) is 5.72. The van der Waals surface area contributed by atoms with Crippen molar-refractivity contribution in [3.63, 3.8) is 0 Å². The van der Waals surface area contributed by atoms with Crippen molar-refractivity contribution < 1.29 is 0 Å². The summed E-state index contributed by atoms with van der Waals surface area (Å²) < 4.78 is 0. The summed E-state index contributed by atoms with van der Waals surface area (Å²) in [5.74, 6) is 1.00. The Bertz CT molecular complexity index is 537. The lowest BCUT2D eigenvalue weighted by Crippen LogP contribution is -2.62. The van der Waals surface area contributed by atoms with E-state index in [1.165, 1.54) is 84.1 Å². The molecule has 0 amide bonds. The van der Waals surface area contributed by atoms with Gasteiger partial charge >= 0.3 is 0 Å². The third-order valence-electron chi connectivity index (χ3n) is 7.73. The van der Waals surface area contributed by atoms with Gasteiger partial charge in [0.25, 0.3) is 0 Å². The van der Waals surface area contributed by atoms with Crippen LogP contribution in [-0.2, 0) is 0 Å². The van der Waals surface area contributed by atoms with E-state index in [1.54, 1.807) is 0 Å². The molecule has 168 valence electrons. The first-order chi connectivity index (χ1) is 13.6. The Morgan fingerprint density at radius 1 is 1.07 bits per heavy atom. The SMILES string of the molecule is CN=C(NCC1(N2CCCCC2)CCN(C)CC1)NC1CC(C)N(C2CC2)C1.I. The Morgan fingerprint density at radius 2 is 1.76 bits per heavy atom. The number of likely N-dealkylation sites (tertiary alicyclic amines) is 3. The first kappa shape index (κ1) is 23.5.